The molecule has 0 radical (unpaired) electrons. The van der Waals surface area contributed by atoms with Gasteiger partial charge in [0.05, 0.1) is 11.3 Å². The first-order valence-electron chi connectivity index (χ1n) is 7.98. The van der Waals surface area contributed by atoms with Gasteiger partial charge >= 0.3 is 0 Å². The van der Waals surface area contributed by atoms with E-state index in [9.17, 15) is 4.79 Å². The predicted molar refractivity (Wildman–Crippen MR) is 103 cm³/mol. The van der Waals surface area contributed by atoms with Crippen LogP contribution in [0.5, 0.6) is 5.75 Å². The van der Waals surface area contributed by atoms with Crippen LogP contribution in [0.1, 0.15) is 15.9 Å². The third-order valence-electron chi connectivity index (χ3n) is 3.76. The summed E-state index contributed by atoms with van der Waals surface area (Å²) in [5.41, 5.74) is 2.20. The Kier molecular flexibility index (Phi) is 6.10. The summed E-state index contributed by atoms with van der Waals surface area (Å²) >= 11 is 11.6. The van der Waals surface area contributed by atoms with Crippen LogP contribution in [0, 0.1) is 0 Å². The number of alkyl halides is 1. The van der Waals surface area contributed by atoms with Gasteiger partial charge in [0.15, 0.2) is 25.0 Å². The highest BCUT2D eigenvalue weighted by Gasteiger charge is 2.12. The van der Waals surface area contributed by atoms with E-state index in [0.29, 0.717) is 22.0 Å². The summed E-state index contributed by atoms with van der Waals surface area (Å²) in [5, 5.41) is 3.30. The molecule has 0 saturated carbocycles. The standard InChI is InChI=1S/C20H16Cl2N2O2/c21-14-26-19-7-6-17(22)12-18(19)23-20(25)16-8-10-24(11-9-16)13-15-4-2-1-3-5-15/h1-12H,13-14H2/p+1. The van der Waals surface area contributed by atoms with Crippen molar-refractivity contribution < 1.29 is 14.1 Å². The van der Waals surface area contributed by atoms with Crippen molar-refractivity contribution in [3.63, 3.8) is 0 Å². The number of rotatable bonds is 6. The first-order valence-corrected chi connectivity index (χ1v) is 8.89. The minimum Gasteiger partial charge on any atom is -0.476 e. The van der Waals surface area contributed by atoms with E-state index in [0.717, 1.165) is 6.54 Å². The van der Waals surface area contributed by atoms with E-state index < -0.39 is 0 Å². The second-order valence-electron chi connectivity index (χ2n) is 5.59. The third kappa shape index (κ3) is 4.75. The Hall–Kier alpha value is -2.56. The summed E-state index contributed by atoms with van der Waals surface area (Å²) in [4.78, 5) is 12.5. The number of carbonyl (C=O) groups is 1. The number of carbonyl (C=O) groups excluding carboxylic acids is 1. The van der Waals surface area contributed by atoms with E-state index in [2.05, 4.69) is 17.4 Å². The monoisotopic (exact) mass is 387 g/mol. The van der Waals surface area contributed by atoms with Gasteiger partial charge in [-0.2, -0.15) is 0 Å². The minimum atomic E-state index is -0.251. The summed E-state index contributed by atoms with van der Waals surface area (Å²) in [7, 11) is 0. The summed E-state index contributed by atoms with van der Waals surface area (Å²) in [5.74, 6) is 0.214. The highest BCUT2D eigenvalue weighted by molar-refractivity contribution is 6.31. The quantitative estimate of drug-likeness (QED) is 0.499. The van der Waals surface area contributed by atoms with Crippen LogP contribution >= 0.6 is 23.2 Å². The maximum absolute atomic E-state index is 12.5. The zero-order chi connectivity index (χ0) is 18.4. The first-order chi connectivity index (χ1) is 12.7. The number of pyridine rings is 1. The van der Waals surface area contributed by atoms with Gasteiger partial charge in [0.2, 0.25) is 0 Å². The molecule has 0 unspecified atom stereocenters. The average Bonchev–Trinajstić information content (AvgIpc) is 2.65. The molecule has 0 aliphatic heterocycles. The second kappa shape index (κ2) is 8.70. The van der Waals surface area contributed by atoms with Gasteiger partial charge in [-0.1, -0.05) is 53.5 Å². The lowest BCUT2D eigenvalue weighted by molar-refractivity contribution is -0.688. The molecule has 132 valence electrons. The highest BCUT2D eigenvalue weighted by Crippen LogP contribution is 2.28. The van der Waals surface area contributed by atoms with Crippen LogP contribution in [-0.2, 0) is 6.54 Å². The molecular weight excluding hydrogens is 371 g/mol. The lowest BCUT2D eigenvalue weighted by Gasteiger charge is -2.11. The molecule has 0 atom stereocenters. The average molecular weight is 388 g/mol. The lowest BCUT2D eigenvalue weighted by atomic mass is 10.2. The number of halogens is 2. The zero-order valence-electron chi connectivity index (χ0n) is 13.9. The number of anilines is 1. The van der Waals surface area contributed by atoms with Crippen molar-refractivity contribution in [2.75, 3.05) is 11.4 Å². The number of aromatic nitrogens is 1. The van der Waals surface area contributed by atoms with Gasteiger partial charge in [0.25, 0.3) is 5.91 Å². The van der Waals surface area contributed by atoms with Gasteiger partial charge in [0.1, 0.15) is 5.75 Å². The molecule has 1 amide bonds. The number of hydrogen-bond acceptors (Lipinski definition) is 2. The molecule has 4 nitrogen and oxygen atoms in total. The Morgan fingerprint density at radius 1 is 1.04 bits per heavy atom. The fourth-order valence-electron chi connectivity index (χ4n) is 2.49. The van der Waals surface area contributed by atoms with Crippen LogP contribution in [0.15, 0.2) is 73.1 Å². The topological polar surface area (TPSA) is 42.2 Å². The number of nitrogens with one attached hydrogen (secondary N) is 1. The highest BCUT2D eigenvalue weighted by atomic mass is 35.5. The van der Waals surface area contributed by atoms with Crippen molar-refractivity contribution in [2.45, 2.75) is 6.54 Å². The first kappa shape index (κ1) is 18.2. The third-order valence-corrected chi connectivity index (χ3v) is 4.11. The molecule has 1 N–H and O–H groups in total. The summed E-state index contributed by atoms with van der Waals surface area (Å²) in [6.07, 6.45) is 3.74. The minimum absolute atomic E-state index is 0.0185. The number of amides is 1. The Morgan fingerprint density at radius 3 is 2.46 bits per heavy atom. The van der Waals surface area contributed by atoms with Gasteiger partial charge in [-0.05, 0) is 18.2 Å². The molecule has 0 spiro atoms. The number of hydrogen-bond donors (Lipinski definition) is 1. The maximum atomic E-state index is 12.5. The molecule has 1 aromatic heterocycles. The molecule has 2 aromatic carbocycles. The molecule has 0 bridgehead atoms. The van der Waals surface area contributed by atoms with Crippen LogP contribution < -0.4 is 14.6 Å². The molecule has 0 aliphatic carbocycles. The Labute approximate surface area is 162 Å². The Balaban J connectivity index is 1.71. The van der Waals surface area contributed by atoms with Crippen LogP contribution in [0.25, 0.3) is 0 Å². The van der Waals surface area contributed by atoms with Crippen LogP contribution in [0.2, 0.25) is 5.02 Å². The van der Waals surface area contributed by atoms with Crippen molar-refractivity contribution in [2.24, 2.45) is 0 Å². The number of benzene rings is 2. The van der Waals surface area contributed by atoms with Gasteiger partial charge in [-0.25, -0.2) is 4.57 Å². The molecule has 1 heterocycles. The lowest BCUT2D eigenvalue weighted by Crippen LogP contribution is -2.33. The van der Waals surface area contributed by atoms with E-state index in [1.807, 2.05) is 35.2 Å². The molecule has 6 heteroatoms. The SMILES string of the molecule is O=C(Nc1cc(Cl)ccc1OCCl)c1cc[n+](Cc2ccccc2)cc1. The smallest absolute Gasteiger partial charge is 0.256 e. The molecule has 3 rings (SSSR count). The van der Waals surface area contributed by atoms with Crippen LogP contribution in [-0.4, -0.2) is 12.0 Å². The van der Waals surface area contributed by atoms with Gasteiger partial charge in [0, 0.05) is 22.7 Å². The normalized spacial score (nSPS) is 10.4. The molecule has 0 aliphatic rings. The number of nitrogens with zero attached hydrogens (tertiary/aromatic N) is 1. The van der Waals surface area contributed by atoms with E-state index in [-0.39, 0.29) is 12.0 Å². The predicted octanol–water partition coefficient (Wildman–Crippen LogP) is 4.50. The van der Waals surface area contributed by atoms with E-state index in [4.69, 9.17) is 27.9 Å². The zero-order valence-corrected chi connectivity index (χ0v) is 15.4. The second-order valence-corrected chi connectivity index (χ2v) is 6.25. The van der Waals surface area contributed by atoms with E-state index >= 15 is 0 Å². The van der Waals surface area contributed by atoms with Gasteiger partial charge < -0.3 is 10.1 Å². The van der Waals surface area contributed by atoms with Gasteiger partial charge in [-0.3, -0.25) is 4.79 Å². The fourth-order valence-corrected chi connectivity index (χ4v) is 2.78. The Morgan fingerprint density at radius 2 is 1.77 bits per heavy atom. The molecule has 3 aromatic rings. The van der Waals surface area contributed by atoms with Crippen molar-refractivity contribution in [3.8, 4) is 5.75 Å². The Bertz CT molecular complexity index is 884. The van der Waals surface area contributed by atoms with E-state index in [1.54, 1.807) is 30.3 Å². The maximum Gasteiger partial charge on any atom is 0.256 e. The van der Waals surface area contributed by atoms with Gasteiger partial charge in [-0.15, -0.1) is 0 Å². The summed E-state index contributed by atoms with van der Waals surface area (Å²) < 4.78 is 7.31. The summed E-state index contributed by atoms with van der Waals surface area (Å²) in [6, 6.07) is 18.6. The van der Waals surface area contributed by atoms with Crippen molar-refractivity contribution in [1.29, 1.82) is 0 Å². The van der Waals surface area contributed by atoms with Crippen LogP contribution in [0.3, 0.4) is 0 Å². The largest absolute Gasteiger partial charge is 0.476 e. The molecule has 0 saturated heterocycles. The molecular formula is C20H17Cl2N2O2+. The molecule has 0 fully saturated rings. The summed E-state index contributed by atoms with van der Waals surface area (Å²) in [6.45, 7) is 0.741. The van der Waals surface area contributed by atoms with Crippen molar-refractivity contribution in [3.05, 3.63) is 89.2 Å². The van der Waals surface area contributed by atoms with Crippen LogP contribution in [0.4, 0.5) is 5.69 Å². The molecule has 26 heavy (non-hydrogen) atoms. The van der Waals surface area contributed by atoms with E-state index in [1.165, 1.54) is 5.56 Å². The fraction of sp³-hybridized carbons (Fsp3) is 0.100. The van der Waals surface area contributed by atoms with Crippen molar-refractivity contribution >= 4 is 34.8 Å². The number of ether oxygens (including phenoxy) is 1. The van der Waals surface area contributed by atoms with Crippen molar-refractivity contribution in [1.82, 2.24) is 0 Å².